The van der Waals surface area contributed by atoms with Crippen LogP contribution in [0.3, 0.4) is 0 Å². The first-order valence-electron chi connectivity index (χ1n) is 9.54. The van der Waals surface area contributed by atoms with Crippen molar-refractivity contribution in [1.29, 1.82) is 0 Å². The highest BCUT2D eigenvalue weighted by molar-refractivity contribution is 5.81. The van der Waals surface area contributed by atoms with E-state index in [0.29, 0.717) is 6.54 Å². The number of rotatable bonds is 7. The third-order valence-corrected chi connectivity index (χ3v) is 5.20. The summed E-state index contributed by atoms with van der Waals surface area (Å²) in [7, 11) is 0. The van der Waals surface area contributed by atoms with Crippen molar-refractivity contribution in [1.82, 2.24) is 15.1 Å². The van der Waals surface area contributed by atoms with Gasteiger partial charge in [0.25, 0.3) is 0 Å². The Hall–Kier alpha value is -2.17. The first-order chi connectivity index (χ1) is 12.7. The van der Waals surface area contributed by atoms with E-state index in [1.54, 1.807) is 0 Å². The van der Waals surface area contributed by atoms with E-state index in [-0.39, 0.29) is 11.9 Å². The maximum absolute atomic E-state index is 12.4. The average Bonchev–Trinajstić information content (AvgIpc) is 2.72. The third-order valence-electron chi connectivity index (χ3n) is 5.20. The van der Waals surface area contributed by atoms with Crippen molar-refractivity contribution in [2.45, 2.75) is 25.9 Å². The standard InChI is InChI=1S/C22H29N3O/c1-19(22(26)23-18-21-10-6-3-7-11-21)25-16-14-24(15-17-25)13-12-20-8-4-2-5-9-20/h2-11,19H,12-18H2,1H3,(H,23,26). The summed E-state index contributed by atoms with van der Waals surface area (Å²) < 4.78 is 0. The summed E-state index contributed by atoms with van der Waals surface area (Å²) in [5, 5.41) is 3.06. The number of piperazine rings is 1. The van der Waals surface area contributed by atoms with Crippen molar-refractivity contribution in [2.75, 3.05) is 32.7 Å². The molecule has 1 aliphatic heterocycles. The molecule has 0 bridgehead atoms. The minimum absolute atomic E-state index is 0.0741. The fraction of sp³-hybridized carbons (Fsp3) is 0.409. The van der Waals surface area contributed by atoms with Crippen LogP contribution in [0.25, 0.3) is 0 Å². The normalized spacial score (nSPS) is 17.0. The predicted molar refractivity (Wildman–Crippen MR) is 106 cm³/mol. The van der Waals surface area contributed by atoms with Gasteiger partial charge in [-0.15, -0.1) is 0 Å². The van der Waals surface area contributed by atoms with E-state index < -0.39 is 0 Å². The Morgan fingerprint density at radius 2 is 1.50 bits per heavy atom. The van der Waals surface area contributed by atoms with Crippen molar-refractivity contribution >= 4 is 5.91 Å². The molecule has 1 unspecified atom stereocenters. The Morgan fingerprint density at radius 3 is 2.12 bits per heavy atom. The molecule has 0 radical (unpaired) electrons. The van der Waals surface area contributed by atoms with Crippen molar-refractivity contribution in [3.63, 3.8) is 0 Å². The van der Waals surface area contributed by atoms with Gasteiger partial charge in [-0.25, -0.2) is 0 Å². The quantitative estimate of drug-likeness (QED) is 0.833. The highest BCUT2D eigenvalue weighted by Gasteiger charge is 2.25. The van der Waals surface area contributed by atoms with Crippen molar-refractivity contribution in [3.05, 3.63) is 71.8 Å². The van der Waals surface area contributed by atoms with Gasteiger partial charge in [0.15, 0.2) is 0 Å². The number of nitrogens with zero attached hydrogens (tertiary/aromatic N) is 2. The van der Waals surface area contributed by atoms with Gasteiger partial charge >= 0.3 is 0 Å². The van der Waals surface area contributed by atoms with Gasteiger partial charge in [0, 0.05) is 39.3 Å². The van der Waals surface area contributed by atoms with E-state index in [1.165, 1.54) is 5.56 Å². The lowest BCUT2D eigenvalue weighted by atomic mass is 10.1. The van der Waals surface area contributed by atoms with Crippen LogP contribution in [0.2, 0.25) is 0 Å². The molecule has 0 saturated carbocycles. The van der Waals surface area contributed by atoms with E-state index in [1.807, 2.05) is 37.3 Å². The van der Waals surface area contributed by atoms with Crippen LogP contribution in [0.1, 0.15) is 18.1 Å². The van der Waals surface area contributed by atoms with Gasteiger partial charge in [-0.3, -0.25) is 9.69 Å². The molecule has 138 valence electrons. The van der Waals surface area contributed by atoms with Crippen LogP contribution in [0.5, 0.6) is 0 Å². The molecule has 1 saturated heterocycles. The molecule has 1 fully saturated rings. The molecule has 0 aliphatic carbocycles. The predicted octanol–water partition coefficient (Wildman–Crippen LogP) is 2.55. The smallest absolute Gasteiger partial charge is 0.237 e. The largest absolute Gasteiger partial charge is 0.351 e. The summed E-state index contributed by atoms with van der Waals surface area (Å²) in [6.07, 6.45) is 1.09. The zero-order valence-electron chi connectivity index (χ0n) is 15.6. The first-order valence-corrected chi connectivity index (χ1v) is 9.54. The average molecular weight is 351 g/mol. The molecule has 4 heteroatoms. The first kappa shape index (κ1) is 18.6. The number of carbonyl (C=O) groups is 1. The number of nitrogens with one attached hydrogen (secondary N) is 1. The van der Waals surface area contributed by atoms with Crippen molar-refractivity contribution in [2.24, 2.45) is 0 Å². The second-order valence-electron chi connectivity index (χ2n) is 6.99. The summed E-state index contributed by atoms with van der Waals surface area (Å²) >= 11 is 0. The van der Waals surface area contributed by atoms with Gasteiger partial charge in [0.05, 0.1) is 6.04 Å². The molecule has 4 nitrogen and oxygen atoms in total. The second-order valence-corrected chi connectivity index (χ2v) is 6.99. The molecule has 2 aromatic carbocycles. The maximum Gasteiger partial charge on any atom is 0.237 e. The summed E-state index contributed by atoms with van der Waals surface area (Å²) in [5.74, 6) is 0.117. The van der Waals surface area contributed by atoms with Gasteiger partial charge in [-0.1, -0.05) is 60.7 Å². The minimum Gasteiger partial charge on any atom is -0.351 e. The highest BCUT2D eigenvalue weighted by atomic mass is 16.2. The summed E-state index contributed by atoms with van der Waals surface area (Å²) in [6, 6.07) is 20.6. The van der Waals surface area contributed by atoms with Crippen LogP contribution in [0, 0.1) is 0 Å². The summed E-state index contributed by atoms with van der Waals surface area (Å²) in [4.78, 5) is 17.2. The Kier molecular flexibility index (Phi) is 6.81. The summed E-state index contributed by atoms with van der Waals surface area (Å²) in [6.45, 7) is 7.67. The zero-order valence-corrected chi connectivity index (χ0v) is 15.6. The second kappa shape index (κ2) is 9.51. The zero-order chi connectivity index (χ0) is 18.2. The number of carbonyl (C=O) groups excluding carboxylic acids is 1. The Labute approximate surface area is 156 Å². The number of amides is 1. The highest BCUT2D eigenvalue weighted by Crippen LogP contribution is 2.09. The van der Waals surface area contributed by atoms with Crippen LogP contribution >= 0.6 is 0 Å². The molecule has 0 aromatic heterocycles. The van der Waals surface area contributed by atoms with E-state index in [9.17, 15) is 4.79 Å². The number of benzene rings is 2. The molecule has 1 N–H and O–H groups in total. The molecular weight excluding hydrogens is 322 g/mol. The Morgan fingerprint density at radius 1 is 0.923 bits per heavy atom. The third kappa shape index (κ3) is 5.41. The van der Waals surface area contributed by atoms with Crippen molar-refractivity contribution in [3.8, 4) is 0 Å². The van der Waals surface area contributed by atoms with Crippen LogP contribution in [0.4, 0.5) is 0 Å². The Balaban J connectivity index is 1.38. The molecule has 1 aliphatic rings. The lowest BCUT2D eigenvalue weighted by molar-refractivity contribution is -0.126. The molecule has 2 aromatic rings. The molecule has 0 spiro atoms. The molecule has 1 atom stereocenters. The number of hydrogen-bond donors (Lipinski definition) is 1. The maximum atomic E-state index is 12.4. The van der Waals surface area contributed by atoms with E-state index in [4.69, 9.17) is 0 Å². The molecular formula is C22H29N3O. The Bertz CT molecular complexity index is 666. The lowest BCUT2D eigenvalue weighted by Crippen LogP contribution is -2.54. The van der Waals surface area contributed by atoms with E-state index in [0.717, 1.165) is 44.7 Å². The topological polar surface area (TPSA) is 35.6 Å². The molecule has 1 heterocycles. The number of hydrogen-bond acceptors (Lipinski definition) is 3. The fourth-order valence-corrected chi connectivity index (χ4v) is 3.40. The fourth-order valence-electron chi connectivity index (χ4n) is 3.40. The van der Waals surface area contributed by atoms with Gasteiger partial charge in [-0.05, 0) is 24.5 Å². The van der Waals surface area contributed by atoms with Gasteiger partial charge in [-0.2, -0.15) is 0 Å². The SMILES string of the molecule is CC(C(=O)NCc1ccccc1)N1CCN(CCc2ccccc2)CC1. The van der Waals surface area contributed by atoms with Crippen LogP contribution in [-0.4, -0.2) is 54.5 Å². The van der Waals surface area contributed by atoms with Crippen LogP contribution in [0.15, 0.2) is 60.7 Å². The van der Waals surface area contributed by atoms with Gasteiger partial charge < -0.3 is 10.2 Å². The van der Waals surface area contributed by atoms with Crippen LogP contribution < -0.4 is 5.32 Å². The van der Waals surface area contributed by atoms with E-state index >= 15 is 0 Å². The van der Waals surface area contributed by atoms with Gasteiger partial charge in [0.1, 0.15) is 0 Å². The van der Waals surface area contributed by atoms with E-state index in [2.05, 4.69) is 45.4 Å². The minimum atomic E-state index is -0.0741. The molecule has 26 heavy (non-hydrogen) atoms. The molecule has 1 amide bonds. The van der Waals surface area contributed by atoms with Gasteiger partial charge in [0.2, 0.25) is 5.91 Å². The summed E-state index contributed by atoms with van der Waals surface area (Å²) in [5.41, 5.74) is 2.53. The molecule has 3 rings (SSSR count). The van der Waals surface area contributed by atoms with Crippen molar-refractivity contribution < 1.29 is 4.79 Å². The lowest BCUT2D eigenvalue weighted by Gasteiger charge is -2.37. The van der Waals surface area contributed by atoms with Crippen LogP contribution in [-0.2, 0) is 17.8 Å². The monoisotopic (exact) mass is 351 g/mol.